The lowest BCUT2D eigenvalue weighted by Crippen LogP contribution is -2.44. The Morgan fingerprint density at radius 3 is 2.81 bits per heavy atom. The van der Waals surface area contributed by atoms with E-state index in [1.54, 1.807) is 18.2 Å². The summed E-state index contributed by atoms with van der Waals surface area (Å²) in [5.74, 6) is 0.761. The molecule has 0 amide bonds. The molecule has 1 aromatic rings. The number of likely N-dealkylation sites (tertiary alicyclic amines) is 1. The quantitative estimate of drug-likeness (QED) is 0.464. The Bertz CT molecular complexity index is 705. The lowest BCUT2D eigenvalue weighted by molar-refractivity contribution is 0.267. The highest BCUT2D eigenvalue weighted by Crippen LogP contribution is 2.15. The van der Waals surface area contributed by atoms with Crippen molar-refractivity contribution in [3.05, 3.63) is 29.8 Å². The van der Waals surface area contributed by atoms with Crippen molar-refractivity contribution in [2.45, 2.75) is 44.2 Å². The van der Waals surface area contributed by atoms with Crippen LogP contribution in [-0.2, 0) is 16.6 Å². The molecule has 146 valence electrons. The summed E-state index contributed by atoms with van der Waals surface area (Å²) in [5.41, 5.74) is 0.856. The van der Waals surface area contributed by atoms with Crippen LogP contribution >= 0.6 is 0 Å². The molecule has 1 unspecified atom stereocenters. The van der Waals surface area contributed by atoms with Gasteiger partial charge in [0.15, 0.2) is 5.96 Å². The van der Waals surface area contributed by atoms with E-state index in [2.05, 4.69) is 32.2 Å². The van der Waals surface area contributed by atoms with Crippen molar-refractivity contribution in [2.24, 2.45) is 4.99 Å². The number of sulfonamides is 1. The lowest BCUT2D eigenvalue weighted by atomic mass is 10.2. The van der Waals surface area contributed by atoms with E-state index in [1.165, 1.54) is 26.4 Å². The van der Waals surface area contributed by atoms with E-state index in [9.17, 15) is 8.42 Å². The van der Waals surface area contributed by atoms with Crippen LogP contribution in [-0.4, -0.2) is 58.5 Å². The molecule has 1 fully saturated rings. The number of rotatable bonds is 8. The van der Waals surface area contributed by atoms with Gasteiger partial charge >= 0.3 is 0 Å². The number of hydrogen-bond donors (Lipinski definition) is 3. The van der Waals surface area contributed by atoms with Crippen molar-refractivity contribution in [3.63, 3.8) is 0 Å². The number of aliphatic imine (C=N–C) groups is 1. The van der Waals surface area contributed by atoms with Crippen LogP contribution < -0.4 is 15.4 Å². The second kappa shape index (κ2) is 9.89. The van der Waals surface area contributed by atoms with Gasteiger partial charge in [0, 0.05) is 19.1 Å². The van der Waals surface area contributed by atoms with Crippen molar-refractivity contribution in [1.29, 1.82) is 0 Å². The Kier molecular flexibility index (Phi) is 7.86. The maximum Gasteiger partial charge on any atom is 0.240 e. The molecule has 2 rings (SSSR count). The highest BCUT2D eigenvalue weighted by Gasteiger charge is 2.22. The minimum absolute atomic E-state index is 0.259. The van der Waals surface area contributed by atoms with Crippen LogP contribution in [0.1, 0.15) is 32.3 Å². The smallest absolute Gasteiger partial charge is 0.240 e. The van der Waals surface area contributed by atoms with Crippen molar-refractivity contribution in [2.75, 3.05) is 33.2 Å². The number of guanidine groups is 1. The molecule has 3 N–H and O–H groups in total. The van der Waals surface area contributed by atoms with Gasteiger partial charge in [-0.2, -0.15) is 0 Å². The molecule has 1 heterocycles. The molecule has 0 saturated carbocycles. The molecule has 0 aliphatic carbocycles. The van der Waals surface area contributed by atoms with E-state index >= 15 is 0 Å². The van der Waals surface area contributed by atoms with Gasteiger partial charge in [-0.25, -0.2) is 18.1 Å². The van der Waals surface area contributed by atoms with Gasteiger partial charge in [-0.15, -0.1) is 0 Å². The topological polar surface area (TPSA) is 85.8 Å². The number of nitrogens with zero attached hydrogens (tertiary/aromatic N) is 2. The fourth-order valence-corrected chi connectivity index (χ4v) is 4.00. The average Bonchev–Trinajstić information content (AvgIpc) is 3.11. The predicted octanol–water partition coefficient (Wildman–Crippen LogP) is 1.13. The predicted molar refractivity (Wildman–Crippen MR) is 106 cm³/mol. The van der Waals surface area contributed by atoms with Gasteiger partial charge in [0.25, 0.3) is 0 Å². The molecule has 1 atom stereocenters. The average molecular weight is 382 g/mol. The van der Waals surface area contributed by atoms with Crippen molar-refractivity contribution in [1.82, 2.24) is 20.3 Å². The maximum absolute atomic E-state index is 11.9. The third-order valence-corrected chi connectivity index (χ3v) is 6.06. The normalized spacial score (nSPS) is 18.9. The first kappa shape index (κ1) is 20.7. The summed E-state index contributed by atoms with van der Waals surface area (Å²) in [6.45, 7) is 8.55. The summed E-state index contributed by atoms with van der Waals surface area (Å²) in [4.78, 5) is 7.35. The lowest BCUT2D eigenvalue weighted by Gasteiger charge is -2.24. The Balaban J connectivity index is 2.01. The highest BCUT2D eigenvalue weighted by molar-refractivity contribution is 7.89. The number of nitrogens with one attached hydrogen (secondary N) is 3. The molecule has 1 saturated heterocycles. The molecule has 26 heavy (non-hydrogen) atoms. The van der Waals surface area contributed by atoms with Gasteiger partial charge in [-0.05, 0) is 57.6 Å². The first-order chi connectivity index (χ1) is 12.5. The molecule has 8 heteroatoms. The Morgan fingerprint density at radius 2 is 2.12 bits per heavy atom. The van der Waals surface area contributed by atoms with Crippen molar-refractivity contribution < 1.29 is 8.42 Å². The zero-order valence-corrected chi connectivity index (χ0v) is 16.8. The van der Waals surface area contributed by atoms with Crippen LogP contribution in [0.15, 0.2) is 34.2 Å². The summed E-state index contributed by atoms with van der Waals surface area (Å²) >= 11 is 0. The van der Waals surface area contributed by atoms with Crippen LogP contribution in [0.25, 0.3) is 0 Å². The monoisotopic (exact) mass is 381 g/mol. The fourth-order valence-electron chi connectivity index (χ4n) is 3.20. The zero-order valence-electron chi connectivity index (χ0n) is 16.0. The summed E-state index contributed by atoms with van der Waals surface area (Å²) in [5, 5.41) is 6.68. The summed E-state index contributed by atoms with van der Waals surface area (Å²) in [7, 11) is -2.02. The van der Waals surface area contributed by atoms with Gasteiger partial charge in [-0.3, -0.25) is 4.90 Å². The van der Waals surface area contributed by atoms with Crippen LogP contribution in [0.5, 0.6) is 0 Å². The number of hydrogen-bond acceptors (Lipinski definition) is 4. The van der Waals surface area contributed by atoms with E-state index < -0.39 is 10.0 Å². The third-order valence-electron chi connectivity index (χ3n) is 4.65. The van der Waals surface area contributed by atoms with Gasteiger partial charge in [-0.1, -0.05) is 19.1 Å². The first-order valence-electron chi connectivity index (χ1n) is 9.28. The SMILES string of the molecule is CCNC(=NCc1cccc(S(=O)(=O)NC)c1)NCC1CCCN1CC. The standard InChI is InChI=1S/C18H31N5O2S/c1-4-20-18(22-14-16-9-7-11-23(16)5-2)21-13-15-8-6-10-17(12-15)26(24,25)19-3/h6,8,10,12,16,19H,4-5,7,9,11,13-14H2,1-3H3,(H2,20,21,22). The van der Waals surface area contributed by atoms with Crippen LogP contribution in [0.3, 0.4) is 0 Å². The molecule has 1 aliphatic rings. The van der Waals surface area contributed by atoms with E-state index in [1.807, 2.05) is 13.0 Å². The summed E-state index contributed by atoms with van der Waals surface area (Å²) in [6, 6.07) is 7.43. The number of benzene rings is 1. The first-order valence-corrected chi connectivity index (χ1v) is 10.8. The molecule has 0 aromatic heterocycles. The molecule has 1 aliphatic heterocycles. The second-order valence-electron chi connectivity index (χ2n) is 6.36. The highest BCUT2D eigenvalue weighted by atomic mass is 32.2. The van der Waals surface area contributed by atoms with Gasteiger partial charge in [0.2, 0.25) is 10.0 Å². The molecular formula is C18H31N5O2S. The third kappa shape index (κ3) is 5.69. The molecule has 1 aromatic carbocycles. The summed E-state index contributed by atoms with van der Waals surface area (Å²) < 4.78 is 26.2. The second-order valence-corrected chi connectivity index (χ2v) is 8.24. The van der Waals surface area contributed by atoms with E-state index in [-0.39, 0.29) is 4.90 Å². The van der Waals surface area contributed by atoms with Crippen LogP contribution in [0.2, 0.25) is 0 Å². The Hall–Kier alpha value is -1.64. The van der Waals surface area contributed by atoms with Gasteiger partial charge < -0.3 is 10.6 Å². The Labute approximate surface area is 157 Å². The molecular weight excluding hydrogens is 350 g/mol. The fraction of sp³-hybridized carbons (Fsp3) is 0.611. The summed E-state index contributed by atoms with van der Waals surface area (Å²) in [6.07, 6.45) is 2.46. The minimum Gasteiger partial charge on any atom is -0.357 e. The maximum atomic E-state index is 11.9. The molecule has 0 radical (unpaired) electrons. The van der Waals surface area contributed by atoms with E-state index in [4.69, 9.17) is 0 Å². The van der Waals surface area contributed by atoms with Crippen LogP contribution in [0.4, 0.5) is 0 Å². The van der Waals surface area contributed by atoms with Crippen molar-refractivity contribution >= 4 is 16.0 Å². The van der Waals surface area contributed by atoms with Crippen LogP contribution in [0, 0.1) is 0 Å². The minimum atomic E-state index is -3.44. The Morgan fingerprint density at radius 1 is 1.31 bits per heavy atom. The van der Waals surface area contributed by atoms with Gasteiger partial charge in [0.05, 0.1) is 11.4 Å². The van der Waals surface area contributed by atoms with Gasteiger partial charge in [0.1, 0.15) is 0 Å². The molecule has 7 nitrogen and oxygen atoms in total. The van der Waals surface area contributed by atoms with E-state index in [0.29, 0.717) is 12.6 Å². The van der Waals surface area contributed by atoms with E-state index in [0.717, 1.165) is 31.2 Å². The zero-order chi connectivity index (χ0) is 19.0. The molecule has 0 spiro atoms. The molecule has 0 bridgehead atoms. The van der Waals surface area contributed by atoms with Crippen molar-refractivity contribution in [3.8, 4) is 0 Å². The largest absolute Gasteiger partial charge is 0.357 e. The number of likely N-dealkylation sites (N-methyl/N-ethyl adjacent to an activating group) is 1.